The Kier molecular flexibility index (Phi) is 7.71. The third-order valence-corrected chi connectivity index (χ3v) is 3.12. The highest BCUT2D eigenvalue weighted by atomic mass is 19.4. The second kappa shape index (κ2) is 9.02. The highest BCUT2D eigenvalue weighted by Crippen LogP contribution is 2.29. The molecule has 6 heteroatoms. The summed E-state index contributed by atoms with van der Waals surface area (Å²) in [7, 11) is 1.66. The van der Waals surface area contributed by atoms with Crippen molar-refractivity contribution in [2.75, 3.05) is 33.4 Å². The highest BCUT2D eigenvalue weighted by Gasteiger charge is 2.29. The van der Waals surface area contributed by atoms with Gasteiger partial charge in [-0.05, 0) is 37.6 Å². The minimum atomic E-state index is -4.26. The first kappa shape index (κ1) is 17.9. The molecule has 0 aliphatic rings. The van der Waals surface area contributed by atoms with Gasteiger partial charge in [0, 0.05) is 26.2 Å². The summed E-state index contributed by atoms with van der Waals surface area (Å²) in [5.74, 6) is 0. The van der Waals surface area contributed by atoms with Crippen molar-refractivity contribution in [2.45, 2.75) is 25.6 Å². The van der Waals surface area contributed by atoms with E-state index in [1.807, 2.05) is 0 Å². The maximum atomic E-state index is 12.4. The standard InChI is InChI=1S/C15H23F3N2O/c1-12(11-19-9-10-21-2)20-8-7-13-3-5-14(6-4-13)15(16,17)18/h3-6,12,19-20H,7-11H2,1-2H3. The van der Waals surface area contributed by atoms with E-state index in [1.165, 1.54) is 12.1 Å². The van der Waals surface area contributed by atoms with E-state index < -0.39 is 11.7 Å². The molecule has 3 nitrogen and oxygen atoms in total. The summed E-state index contributed by atoms with van der Waals surface area (Å²) < 4.78 is 42.2. The van der Waals surface area contributed by atoms with Gasteiger partial charge >= 0.3 is 6.18 Å². The van der Waals surface area contributed by atoms with Gasteiger partial charge in [0.05, 0.1) is 12.2 Å². The van der Waals surface area contributed by atoms with Crippen molar-refractivity contribution in [3.63, 3.8) is 0 Å². The molecule has 120 valence electrons. The fourth-order valence-electron chi connectivity index (χ4n) is 1.89. The fraction of sp³-hybridized carbons (Fsp3) is 0.600. The minimum absolute atomic E-state index is 0.302. The lowest BCUT2D eigenvalue weighted by molar-refractivity contribution is -0.137. The number of rotatable bonds is 9. The molecule has 0 radical (unpaired) electrons. The minimum Gasteiger partial charge on any atom is -0.383 e. The van der Waals surface area contributed by atoms with Gasteiger partial charge < -0.3 is 15.4 Å². The SMILES string of the molecule is COCCNCC(C)NCCc1ccc(C(F)(F)F)cc1. The summed E-state index contributed by atoms with van der Waals surface area (Å²) in [5, 5.41) is 6.57. The zero-order chi connectivity index (χ0) is 15.7. The van der Waals surface area contributed by atoms with Gasteiger partial charge in [0.25, 0.3) is 0 Å². The van der Waals surface area contributed by atoms with Crippen molar-refractivity contribution >= 4 is 0 Å². The van der Waals surface area contributed by atoms with Crippen LogP contribution in [-0.2, 0) is 17.3 Å². The molecule has 0 bridgehead atoms. The molecule has 1 rings (SSSR count). The Morgan fingerprint density at radius 3 is 2.38 bits per heavy atom. The van der Waals surface area contributed by atoms with Crippen LogP contribution in [0.1, 0.15) is 18.1 Å². The average Bonchev–Trinajstić information content (AvgIpc) is 2.43. The van der Waals surface area contributed by atoms with Crippen LogP contribution < -0.4 is 10.6 Å². The first-order valence-corrected chi connectivity index (χ1v) is 7.02. The van der Waals surface area contributed by atoms with E-state index >= 15 is 0 Å². The molecule has 0 saturated heterocycles. The van der Waals surface area contributed by atoms with Gasteiger partial charge in [-0.1, -0.05) is 12.1 Å². The third kappa shape index (κ3) is 7.45. The van der Waals surface area contributed by atoms with Crippen LogP contribution in [0.25, 0.3) is 0 Å². The Bertz CT molecular complexity index is 393. The largest absolute Gasteiger partial charge is 0.416 e. The lowest BCUT2D eigenvalue weighted by Gasteiger charge is -2.14. The Balaban J connectivity index is 2.23. The average molecular weight is 304 g/mol. The van der Waals surface area contributed by atoms with E-state index in [-0.39, 0.29) is 0 Å². The third-order valence-electron chi connectivity index (χ3n) is 3.12. The maximum absolute atomic E-state index is 12.4. The molecule has 0 aliphatic heterocycles. The molecule has 21 heavy (non-hydrogen) atoms. The van der Waals surface area contributed by atoms with Crippen molar-refractivity contribution in [3.8, 4) is 0 Å². The molecule has 0 aromatic heterocycles. The summed E-state index contributed by atoms with van der Waals surface area (Å²) in [6.45, 7) is 5.11. The molecule has 0 saturated carbocycles. The normalized spacial score (nSPS) is 13.4. The summed E-state index contributed by atoms with van der Waals surface area (Å²) >= 11 is 0. The van der Waals surface area contributed by atoms with Crippen LogP contribution in [0.3, 0.4) is 0 Å². The first-order valence-electron chi connectivity index (χ1n) is 7.02. The van der Waals surface area contributed by atoms with Crippen molar-refractivity contribution in [1.82, 2.24) is 10.6 Å². The number of ether oxygens (including phenoxy) is 1. The van der Waals surface area contributed by atoms with Crippen LogP contribution in [0.5, 0.6) is 0 Å². The van der Waals surface area contributed by atoms with Crippen LogP contribution in [-0.4, -0.2) is 39.4 Å². The fourth-order valence-corrected chi connectivity index (χ4v) is 1.89. The van der Waals surface area contributed by atoms with E-state index in [2.05, 4.69) is 17.6 Å². The molecule has 2 N–H and O–H groups in total. The van der Waals surface area contributed by atoms with E-state index in [0.29, 0.717) is 19.1 Å². The van der Waals surface area contributed by atoms with Crippen LogP contribution >= 0.6 is 0 Å². The summed E-state index contributed by atoms with van der Waals surface area (Å²) in [6, 6.07) is 5.63. The predicted octanol–water partition coefficient (Wildman–Crippen LogP) is 2.46. The van der Waals surface area contributed by atoms with Gasteiger partial charge in [-0.2, -0.15) is 13.2 Å². The van der Waals surface area contributed by atoms with Gasteiger partial charge in [-0.15, -0.1) is 0 Å². The Labute approximate surface area is 123 Å². The van der Waals surface area contributed by atoms with Gasteiger partial charge in [-0.25, -0.2) is 0 Å². The molecule has 0 fully saturated rings. The molecule has 1 atom stereocenters. The van der Waals surface area contributed by atoms with Crippen LogP contribution in [0.15, 0.2) is 24.3 Å². The molecule has 1 aromatic carbocycles. The van der Waals surface area contributed by atoms with E-state index in [4.69, 9.17) is 4.74 Å². The molecular weight excluding hydrogens is 281 g/mol. The molecular formula is C15H23F3N2O. The van der Waals surface area contributed by atoms with E-state index in [1.54, 1.807) is 7.11 Å². The predicted molar refractivity (Wildman–Crippen MR) is 77.4 cm³/mol. The number of alkyl halides is 3. The molecule has 0 heterocycles. The van der Waals surface area contributed by atoms with Gasteiger partial charge in [0.15, 0.2) is 0 Å². The Morgan fingerprint density at radius 1 is 1.14 bits per heavy atom. The lowest BCUT2D eigenvalue weighted by atomic mass is 10.1. The van der Waals surface area contributed by atoms with Crippen molar-refractivity contribution in [1.29, 1.82) is 0 Å². The van der Waals surface area contributed by atoms with Gasteiger partial charge in [0.2, 0.25) is 0 Å². The number of hydrogen-bond acceptors (Lipinski definition) is 3. The Morgan fingerprint density at radius 2 is 1.81 bits per heavy atom. The zero-order valence-corrected chi connectivity index (χ0v) is 12.5. The quantitative estimate of drug-likeness (QED) is 0.688. The zero-order valence-electron chi connectivity index (χ0n) is 12.5. The molecule has 1 unspecified atom stereocenters. The van der Waals surface area contributed by atoms with Crippen LogP contribution in [0.4, 0.5) is 13.2 Å². The summed E-state index contributed by atoms with van der Waals surface area (Å²) in [5.41, 5.74) is 0.296. The monoisotopic (exact) mass is 304 g/mol. The van der Waals surface area contributed by atoms with Crippen molar-refractivity contribution in [2.24, 2.45) is 0 Å². The van der Waals surface area contributed by atoms with E-state index in [0.717, 1.165) is 37.3 Å². The Hall–Kier alpha value is -1.11. The molecule has 0 aliphatic carbocycles. The number of methoxy groups -OCH3 is 1. The number of benzene rings is 1. The second-order valence-electron chi connectivity index (χ2n) is 5.00. The first-order chi connectivity index (χ1) is 9.93. The van der Waals surface area contributed by atoms with Crippen molar-refractivity contribution in [3.05, 3.63) is 35.4 Å². The maximum Gasteiger partial charge on any atom is 0.416 e. The van der Waals surface area contributed by atoms with Gasteiger partial charge in [0.1, 0.15) is 0 Å². The molecule has 0 spiro atoms. The number of hydrogen-bond donors (Lipinski definition) is 2. The summed E-state index contributed by atoms with van der Waals surface area (Å²) in [6.07, 6.45) is -3.56. The van der Waals surface area contributed by atoms with E-state index in [9.17, 15) is 13.2 Å². The smallest absolute Gasteiger partial charge is 0.383 e. The molecule has 1 aromatic rings. The van der Waals surface area contributed by atoms with Crippen molar-refractivity contribution < 1.29 is 17.9 Å². The van der Waals surface area contributed by atoms with Crippen LogP contribution in [0.2, 0.25) is 0 Å². The van der Waals surface area contributed by atoms with Crippen LogP contribution in [0, 0.1) is 0 Å². The van der Waals surface area contributed by atoms with Gasteiger partial charge in [-0.3, -0.25) is 0 Å². The summed E-state index contributed by atoms with van der Waals surface area (Å²) in [4.78, 5) is 0. The lowest BCUT2D eigenvalue weighted by Crippen LogP contribution is -2.38. The highest BCUT2D eigenvalue weighted by molar-refractivity contribution is 5.24. The topological polar surface area (TPSA) is 33.3 Å². The number of halogens is 3. The molecule has 0 amide bonds. The number of nitrogens with one attached hydrogen (secondary N) is 2. The second-order valence-corrected chi connectivity index (χ2v) is 5.00.